The maximum absolute atomic E-state index is 12.0. The number of nitro groups is 1. The zero-order valence-corrected chi connectivity index (χ0v) is 12.2. The second kappa shape index (κ2) is 5.57. The Kier molecular flexibility index (Phi) is 4.52. The van der Waals surface area contributed by atoms with E-state index in [0.717, 1.165) is 0 Å². The van der Waals surface area contributed by atoms with Crippen LogP contribution in [0.25, 0.3) is 0 Å². The van der Waals surface area contributed by atoms with Gasteiger partial charge in [0.1, 0.15) is 0 Å². The van der Waals surface area contributed by atoms with E-state index in [1.54, 1.807) is 7.05 Å². The molecule has 0 atom stereocenters. The van der Waals surface area contributed by atoms with Crippen LogP contribution in [0.2, 0.25) is 5.02 Å². The van der Waals surface area contributed by atoms with Crippen molar-refractivity contribution in [3.63, 3.8) is 0 Å². The Bertz CT molecular complexity index is 509. The number of nitrogens with zero attached hydrogens (tertiary/aromatic N) is 2. The number of non-ortho nitro benzene ring substituents is 1. The summed E-state index contributed by atoms with van der Waals surface area (Å²) in [5.41, 5.74) is 0.0362. The minimum absolute atomic E-state index is 0.0315. The molecule has 0 aliphatic rings. The Morgan fingerprint density at radius 2 is 2.00 bits per heavy atom. The van der Waals surface area contributed by atoms with Crippen LogP contribution in [-0.2, 0) is 11.3 Å². The van der Waals surface area contributed by atoms with E-state index in [0.29, 0.717) is 10.6 Å². The number of halogens is 1. The van der Waals surface area contributed by atoms with Crippen molar-refractivity contribution in [2.24, 2.45) is 5.41 Å². The van der Waals surface area contributed by atoms with Gasteiger partial charge >= 0.3 is 0 Å². The molecule has 0 aliphatic carbocycles. The molecule has 5 nitrogen and oxygen atoms in total. The van der Waals surface area contributed by atoms with Crippen LogP contribution in [0.3, 0.4) is 0 Å². The van der Waals surface area contributed by atoms with Crippen molar-refractivity contribution in [1.82, 2.24) is 4.90 Å². The highest BCUT2D eigenvalue weighted by Gasteiger charge is 2.25. The zero-order chi connectivity index (χ0) is 14.8. The fraction of sp³-hybridized carbons (Fsp3) is 0.462. The third-order valence-corrected chi connectivity index (χ3v) is 3.00. The van der Waals surface area contributed by atoms with Gasteiger partial charge in [0.25, 0.3) is 5.69 Å². The average molecular weight is 285 g/mol. The molecule has 0 N–H and O–H groups in total. The molecule has 0 unspecified atom stereocenters. The van der Waals surface area contributed by atoms with Gasteiger partial charge in [-0.2, -0.15) is 0 Å². The summed E-state index contributed by atoms with van der Waals surface area (Å²) in [4.78, 5) is 23.8. The molecule has 0 heterocycles. The molecular formula is C13H17ClN2O3. The molecular weight excluding hydrogens is 268 g/mol. The fourth-order valence-corrected chi connectivity index (χ4v) is 1.87. The molecule has 104 valence electrons. The van der Waals surface area contributed by atoms with Crippen LogP contribution in [0, 0.1) is 15.5 Å². The third kappa shape index (κ3) is 3.92. The quantitative estimate of drug-likeness (QED) is 0.632. The number of hydrogen-bond acceptors (Lipinski definition) is 3. The molecule has 6 heteroatoms. The standard InChI is InChI=1S/C13H17ClN2O3/c1-13(2,3)12(17)15(4)8-9-7-10(16(18)19)5-6-11(9)14/h5-7H,8H2,1-4H3. The van der Waals surface area contributed by atoms with Crippen LogP contribution in [0.4, 0.5) is 5.69 Å². The number of rotatable bonds is 3. The summed E-state index contributed by atoms with van der Waals surface area (Å²) in [5, 5.41) is 11.1. The minimum atomic E-state index is -0.498. The largest absolute Gasteiger partial charge is 0.341 e. The van der Waals surface area contributed by atoms with Gasteiger partial charge in [-0.05, 0) is 11.6 Å². The second-order valence-corrected chi connectivity index (χ2v) is 5.85. The van der Waals surface area contributed by atoms with E-state index in [4.69, 9.17) is 11.6 Å². The van der Waals surface area contributed by atoms with Gasteiger partial charge in [-0.3, -0.25) is 14.9 Å². The van der Waals surface area contributed by atoms with E-state index < -0.39 is 10.3 Å². The van der Waals surface area contributed by atoms with Gasteiger partial charge in [0, 0.05) is 36.2 Å². The lowest BCUT2D eigenvalue weighted by atomic mass is 9.95. The number of carbonyl (C=O) groups is 1. The van der Waals surface area contributed by atoms with Gasteiger partial charge in [0.15, 0.2) is 0 Å². The highest BCUT2D eigenvalue weighted by atomic mass is 35.5. The maximum atomic E-state index is 12.0. The van der Waals surface area contributed by atoms with Gasteiger partial charge in [0.05, 0.1) is 4.92 Å². The SMILES string of the molecule is CN(Cc1cc([N+](=O)[O-])ccc1Cl)C(=O)C(C)(C)C. The summed E-state index contributed by atoms with van der Waals surface area (Å²) in [7, 11) is 1.66. The summed E-state index contributed by atoms with van der Waals surface area (Å²) in [6.45, 7) is 5.71. The van der Waals surface area contributed by atoms with Crippen molar-refractivity contribution in [1.29, 1.82) is 0 Å². The molecule has 1 aromatic carbocycles. The highest BCUT2D eigenvalue weighted by Crippen LogP contribution is 2.25. The molecule has 1 aromatic rings. The van der Waals surface area contributed by atoms with Crippen molar-refractivity contribution in [2.45, 2.75) is 27.3 Å². The highest BCUT2D eigenvalue weighted by molar-refractivity contribution is 6.31. The van der Waals surface area contributed by atoms with Crippen LogP contribution < -0.4 is 0 Å². The van der Waals surface area contributed by atoms with Crippen molar-refractivity contribution in [2.75, 3.05) is 7.05 Å². The maximum Gasteiger partial charge on any atom is 0.269 e. The van der Waals surface area contributed by atoms with E-state index >= 15 is 0 Å². The van der Waals surface area contributed by atoms with E-state index in [-0.39, 0.29) is 18.1 Å². The fourth-order valence-electron chi connectivity index (χ4n) is 1.70. The van der Waals surface area contributed by atoms with Gasteiger partial charge in [-0.25, -0.2) is 0 Å². The zero-order valence-electron chi connectivity index (χ0n) is 11.4. The monoisotopic (exact) mass is 284 g/mol. The topological polar surface area (TPSA) is 63.4 Å². The lowest BCUT2D eigenvalue weighted by Gasteiger charge is -2.26. The number of hydrogen-bond donors (Lipinski definition) is 0. The Morgan fingerprint density at radius 3 is 2.47 bits per heavy atom. The number of nitro benzene ring substituents is 1. The van der Waals surface area contributed by atoms with Gasteiger partial charge in [0.2, 0.25) is 5.91 Å². The molecule has 0 radical (unpaired) electrons. The number of amides is 1. The van der Waals surface area contributed by atoms with E-state index in [2.05, 4.69) is 0 Å². The van der Waals surface area contributed by atoms with Crippen LogP contribution in [-0.4, -0.2) is 22.8 Å². The molecule has 0 saturated carbocycles. The number of carbonyl (C=O) groups excluding carboxylic acids is 1. The predicted octanol–water partition coefficient (Wildman–Crippen LogP) is 3.25. The molecule has 0 fully saturated rings. The van der Waals surface area contributed by atoms with E-state index in [1.807, 2.05) is 20.8 Å². The molecule has 0 saturated heterocycles. The van der Waals surface area contributed by atoms with Crippen molar-refractivity contribution >= 4 is 23.2 Å². The first kappa shape index (κ1) is 15.4. The van der Waals surface area contributed by atoms with Crippen LogP contribution >= 0.6 is 11.6 Å². The van der Waals surface area contributed by atoms with Crippen LogP contribution in [0.15, 0.2) is 18.2 Å². The average Bonchev–Trinajstić information content (AvgIpc) is 2.29. The number of benzene rings is 1. The van der Waals surface area contributed by atoms with Gasteiger partial charge in [-0.15, -0.1) is 0 Å². The van der Waals surface area contributed by atoms with Crippen LogP contribution in [0.5, 0.6) is 0 Å². The van der Waals surface area contributed by atoms with Gasteiger partial charge < -0.3 is 4.90 Å². The van der Waals surface area contributed by atoms with Crippen molar-refractivity contribution < 1.29 is 9.72 Å². The Balaban J connectivity index is 2.96. The molecule has 0 aliphatic heterocycles. The van der Waals surface area contributed by atoms with Crippen LogP contribution in [0.1, 0.15) is 26.3 Å². The smallest absolute Gasteiger partial charge is 0.269 e. The normalized spacial score (nSPS) is 11.2. The van der Waals surface area contributed by atoms with Crippen molar-refractivity contribution in [3.8, 4) is 0 Å². The van der Waals surface area contributed by atoms with Crippen molar-refractivity contribution in [3.05, 3.63) is 38.9 Å². The molecule has 19 heavy (non-hydrogen) atoms. The molecule has 0 aromatic heterocycles. The lowest BCUT2D eigenvalue weighted by molar-refractivity contribution is -0.384. The minimum Gasteiger partial charge on any atom is -0.341 e. The summed E-state index contributed by atoms with van der Waals surface area (Å²) in [5.74, 6) is -0.0462. The third-order valence-electron chi connectivity index (χ3n) is 2.64. The van der Waals surface area contributed by atoms with E-state index in [9.17, 15) is 14.9 Å². The Morgan fingerprint density at radius 1 is 1.42 bits per heavy atom. The summed E-state index contributed by atoms with van der Waals surface area (Å²) in [6.07, 6.45) is 0. The first-order valence-electron chi connectivity index (χ1n) is 5.81. The van der Waals surface area contributed by atoms with E-state index in [1.165, 1.54) is 23.1 Å². The molecule has 0 bridgehead atoms. The Hall–Kier alpha value is -1.62. The predicted molar refractivity (Wildman–Crippen MR) is 74.0 cm³/mol. The van der Waals surface area contributed by atoms with Gasteiger partial charge in [-0.1, -0.05) is 32.4 Å². The summed E-state index contributed by atoms with van der Waals surface area (Å²) < 4.78 is 0. The summed E-state index contributed by atoms with van der Waals surface area (Å²) in [6, 6.07) is 4.22. The molecule has 1 rings (SSSR count). The molecule has 1 amide bonds. The lowest BCUT2D eigenvalue weighted by Crippen LogP contribution is -2.36. The summed E-state index contributed by atoms with van der Waals surface area (Å²) >= 11 is 6.00. The molecule has 0 spiro atoms. The first-order valence-corrected chi connectivity index (χ1v) is 6.19. The Labute approximate surface area is 117 Å². The second-order valence-electron chi connectivity index (χ2n) is 5.44. The first-order chi connectivity index (χ1) is 8.62.